The van der Waals surface area contributed by atoms with Crippen LogP contribution in [0.1, 0.15) is 23.7 Å². The van der Waals surface area contributed by atoms with E-state index in [4.69, 9.17) is 5.11 Å². The summed E-state index contributed by atoms with van der Waals surface area (Å²) in [6, 6.07) is 9.01. The first-order chi connectivity index (χ1) is 9.63. The van der Waals surface area contributed by atoms with E-state index in [0.717, 1.165) is 10.9 Å². The minimum absolute atomic E-state index is 0.0530. The molecule has 5 nitrogen and oxygen atoms in total. The van der Waals surface area contributed by atoms with Gasteiger partial charge in [0.25, 0.3) is 5.91 Å². The molecule has 104 valence electrons. The van der Waals surface area contributed by atoms with Gasteiger partial charge in [0.2, 0.25) is 0 Å². The first-order valence-electron chi connectivity index (χ1n) is 6.48. The molecule has 0 unspecified atom stereocenters. The van der Waals surface area contributed by atoms with Crippen molar-refractivity contribution in [3.8, 4) is 0 Å². The van der Waals surface area contributed by atoms with E-state index in [1.165, 1.54) is 4.90 Å². The smallest absolute Gasteiger partial charge is 0.305 e. The number of rotatable bonds is 5. The first-order valence-corrected chi connectivity index (χ1v) is 6.48. The number of carboxylic acid groups (broad SMARTS) is 1. The maximum absolute atomic E-state index is 12.5. The predicted molar refractivity (Wildman–Crippen MR) is 75.6 cm³/mol. The Hall–Kier alpha value is -2.43. The molecule has 0 radical (unpaired) electrons. The third-order valence-electron chi connectivity index (χ3n) is 3.14. The number of aliphatic carboxylic acids is 1. The number of benzene rings is 1. The zero-order valence-corrected chi connectivity index (χ0v) is 11.2. The van der Waals surface area contributed by atoms with Gasteiger partial charge in [-0.25, -0.2) is 0 Å². The van der Waals surface area contributed by atoms with Gasteiger partial charge >= 0.3 is 5.97 Å². The Labute approximate surface area is 116 Å². The summed E-state index contributed by atoms with van der Waals surface area (Å²) >= 11 is 0. The van der Waals surface area contributed by atoms with Crippen molar-refractivity contribution in [2.75, 3.05) is 13.1 Å². The standard InChI is InChI=1S/C15H16N2O3/c1-2-17(10-8-14(18)19)15(20)12-5-3-7-13-11(12)6-4-9-16-13/h3-7,9H,2,8,10H2,1H3,(H,18,19). The van der Waals surface area contributed by atoms with Gasteiger partial charge in [-0.2, -0.15) is 0 Å². The lowest BCUT2D eigenvalue weighted by Crippen LogP contribution is -2.33. The topological polar surface area (TPSA) is 70.5 Å². The summed E-state index contributed by atoms with van der Waals surface area (Å²) in [6.07, 6.45) is 1.63. The zero-order chi connectivity index (χ0) is 14.5. The highest BCUT2D eigenvalue weighted by molar-refractivity contribution is 6.06. The third-order valence-corrected chi connectivity index (χ3v) is 3.14. The van der Waals surface area contributed by atoms with Crippen LogP contribution in [-0.4, -0.2) is 40.0 Å². The number of aromatic nitrogens is 1. The molecule has 1 heterocycles. The van der Waals surface area contributed by atoms with Crippen molar-refractivity contribution >= 4 is 22.8 Å². The molecule has 2 rings (SSSR count). The molecule has 0 saturated heterocycles. The van der Waals surface area contributed by atoms with Crippen LogP contribution >= 0.6 is 0 Å². The number of amides is 1. The van der Waals surface area contributed by atoms with E-state index < -0.39 is 5.97 Å². The lowest BCUT2D eigenvalue weighted by Gasteiger charge is -2.20. The lowest BCUT2D eigenvalue weighted by molar-refractivity contribution is -0.137. The molecule has 1 amide bonds. The second-order valence-corrected chi connectivity index (χ2v) is 4.40. The largest absolute Gasteiger partial charge is 0.481 e. The highest BCUT2D eigenvalue weighted by Gasteiger charge is 2.17. The minimum atomic E-state index is -0.907. The molecule has 1 aromatic heterocycles. The van der Waals surface area contributed by atoms with Crippen molar-refractivity contribution in [1.82, 2.24) is 9.88 Å². The van der Waals surface area contributed by atoms with Crippen LogP contribution < -0.4 is 0 Å². The number of carbonyl (C=O) groups excluding carboxylic acids is 1. The molecule has 0 spiro atoms. The zero-order valence-electron chi connectivity index (χ0n) is 11.2. The molecule has 1 N–H and O–H groups in total. The molecule has 1 aromatic carbocycles. The van der Waals surface area contributed by atoms with Crippen molar-refractivity contribution in [2.45, 2.75) is 13.3 Å². The Balaban J connectivity index is 2.32. The second-order valence-electron chi connectivity index (χ2n) is 4.40. The van der Waals surface area contributed by atoms with Crippen molar-refractivity contribution in [3.63, 3.8) is 0 Å². The van der Waals surface area contributed by atoms with Crippen LogP contribution in [0.3, 0.4) is 0 Å². The lowest BCUT2D eigenvalue weighted by atomic mass is 10.1. The second kappa shape index (κ2) is 6.14. The van der Waals surface area contributed by atoms with Gasteiger partial charge in [0.15, 0.2) is 0 Å². The van der Waals surface area contributed by atoms with E-state index >= 15 is 0 Å². The summed E-state index contributed by atoms with van der Waals surface area (Å²) < 4.78 is 0. The monoisotopic (exact) mass is 272 g/mol. The van der Waals surface area contributed by atoms with Gasteiger partial charge in [-0.3, -0.25) is 14.6 Å². The Morgan fingerprint density at radius 3 is 2.75 bits per heavy atom. The van der Waals surface area contributed by atoms with Gasteiger partial charge < -0.3 is 10.0 Å². The third kappa shape index (κ3) is 2.93. The first kappa shape index (κ1) is 14.0. The molecule has 0 aliphatic rings. The van der Waals surface area contributed by atoms with Crippen LogP contribution in [0.25, 0.3) is 10.9 Å². The van der Waals surface area contributed by atoms with Crippen LogP contribution in [0.4, 0.5) is 0 Å². The average Bonchev–Trinajstić information content (AvgIpc) is 2.46. The van der Waals surface area contributed by atoms with E-state index in [1.807, 2.05) is 19.1 Å². The summed E-state index contributed by atoms with van der Waals surface area (Å²) in [6.45, 7) is 2.52. The van der Waals surface area contributed by atoms with Gasteiger partial charge in [0, 0.05) is 30.2 Å². The van der Waals surface area contributed by atoms with Gasteiger partial charge in [-0.05, 0) is 25.1 Å². The molecule has 0 aliphatic heterocycles. The Morgan fingerprint density at radius 2 is 2.05 bits per heavy atom. The fraction of sp³-hybridized carbons (Fsp3) is 0.267. The van der Waals surface area contributed by atoms with Gasteiger partial charge in [-0.1, -0.05) is 12.1 Å². The molecule has 0 fully saturated rings. The maximum atomic E-state index is 12.5. The van der Waals surface area contributed by atoms with Crippen molar-refractivity contribution in [1.29, 1.82) is 0 Å². The number of carboxylic acids is 1. The molecular formula is C15H16N2O3. The quantitative estimate of drug-likeness (QED) is 0.905. The molecule has 0 aliphatic carbocycles. The van der Waals surface area contributed by atoms with E-state index in [-0.39, 0.29) is 18.9 Å². The normalized spacial score (nSPS) is 10.4. The van der Waals surface area contributed by atoms with Gasteiger partial charge in [-0.15, -0.1) is 0 Å². The summed E-state index contributed by atoms with van der Waals surface area (Å²) in [5.41, 5.74) is 1.32. The fourth-order valence-corrected chi connectivity index (χ4v) is 2.09. The predicted octanol–water partition coefficient (Wildman–Crippen LogP) is 2.17. The van der Waals surface area contributed by atoms with Crippen molar-refractivity contribution in [2.24, 2.45) is 0 Å². The fourth-order valence-electron chi connectivity index (χ4n) is 2.09. The Bertz CT molecular complexity index is 635. The van der Waals surface area contributed by atoms with Gasteiger partial charge in [0.1, 0.15) is 0 Å². The molecule has 2 aromatic rings. The molecule has 20 heavy (non-hydrogen) atoms. The summed E-state index contributed by atoms with van der Waals surface area (Å²) in [5, 5.41) is 9.52. The molecule has 0 bridgehead atoms. The van der Waals surface area contributed by atoms with E-state index in [0.29, 0.717) is 12.1 Å². The summed E-state index contributed by atoms with van der Waals surface area (Å²) in [4.78, 5) is 28.9. The maximum Gasteiger partial charge on any atom is 0.305 e. The molecule has 5 heteroatoms. The number of pyridine rings is 1. The Kier molecular flexibility index (Phi) is 4.30. The van der Waals surface area contributed by atoms with Gasteiger partial charge in [0.05, 0.1) is 11.9 Å². The van der Waals surface area contributed by atoms with Crippen LogP contribution in [0.2, 0.25) is 0 Å². The highest BCUT2D eigenvalue weighted by Crippen LogP contribution is 2.18. The van der Waals surface area contributed by atoms with E-state index in [9.17, 15) is 9.59 Å². The summed E-state index contributed by atoms with van der Waals surface area (Å²) in [5.74, 6) is -1.07. The van der Waals surface area contributed by atoms with Crippen molar-refractivity contribution < 1.29 is 14.7 Å². The van der Waals surface area contributed by atoms with Crippen molar-refractivity contribution in [3.05, 3.63) is 42.1 Å². The number of hydrogen-bond acceptors (Lipinski definition) is 3. The highest BCUT2D eigenvalue weighted by atomic mass is 16.4. The van der Waals surface area contributed by atoms with Crippen LogP contribution in [0, 0.1) is 0 Å². The van der Waals surface area contributed by atoms with Crippen LogP contribution in [0.15, 0.2) is 36.5 Å². The molecule has 0 atom stereocenters. The number of hydrogen-bond donors (Lipinski definition) is 1. The van der Waals surface area contributed by atoms with E-state index in [2.05, 4.69) is 4.98 Å². The average molecular weight is 272 g/mol. The minimum Gasteiger partial charge on any atom is -0.481 e. The summed E-state index contributed by atoms with van der Waals surface area (Å²) in [7, 11) is 0. The molecule has 0 saturated carbocycles. The number of carbonyl (C=O) groups is 2. The van der Waals surface area contributed by atoms with Crippen LogP contribution in [0.5, 0.6) is 0 Å². The number of fused-ring (bicyclic) bond motifs is 1. The van der Waals surface area contributed by atoms with Crippen LogP contribution in [-0.2, 0) is 4.79 Å². The molecular weight excluding hydrogens is 256 g/mol. The number of nitrogens with zero attached hydrogens (tertiary/aromatic N) is 2. The Morgan fingerprint density at radius 1 is 1.25 bits per heavy atom. The van der Waals surface area contributed by atoms with E-state index in [1.54, 1.807) is 24.4 Å². The SMILES string of the molecule is CCN(CCC(=O)O)C(=O)c1cccc2ncccc12.